The molecular formula is C6H7N3O. The average Bonchev–Trinajstić information content (AvgIpc) is 2.41. The molecule has 2 rings (SSSR count). The van der Waals surface area contributed by atoms with E-state index in [0.717, 1.165) is 0 Å². The third kappa shape index (κ3) is 0.452. The van der Waals surface area contributed by atoms with Crippen molar-refractivity contribution in [1.82, 2.24) is 4.40 Å². The molecule has 2 aromatic rings. The summed E-state index contributed by atoms with van der Waals surface area (Å²) in [6.45, 7) is 0. The summed E-state index contributed by atoms with van der Waals surface area (Å²) in [5.74, 6) is 0.531. The van der Waals surface area contributed by atoms with Crippen LogP contribution in [0.1, 0.15) is 0 Å². The number of fused-ring (bicyclic) bond motifs is 1. The molecule has 0 radical (unpaired) electrons. The molecule has 4 heteroatoms. The van der Waals surface area contributed by atoms with Crippen LogP contribution in [0.2, 0.25) is 0 Å². The summed E-state index contributed by atoms with van der Waals surface area (Å²) < 4.78 is 6.71. The highest BCUT2D eigenvalue weighted by atomic mass is 16.3. The quantitative estimate of drug-likeness (QED) is 0.561. The molecule has 2 heterocycles. The van der Waals surface area contributed by atoms with Crippen molar-refractivity contribution in [3.8, 4) is 0 Å². The van der Waals surface area contributed by atoms with Gasteiger partial charge < -0.3 is 15.9 Å². The Bertz CT molecular complexity index is 360. The molecule has 0 aliphatic rings. The monoisotopic (exact) mass is 137 g/mol. The van der Waals surface area contributed by atoms with E-state index in [-0.39, 0.29) is 0 Å². The first-order chi connectivity index (χ1) is 4.79. The van der Waals surface area contributed by atoms with Gasteiger partial charge in [-0.2, -0.15) is 0 Å². The zero-order chi connectivity index (χ0) is 7.14. The number of nitrogen functional groups attached to an aromatic ring is 2. The summed E-state index contributed by atoms with van der Waals surface area (Å²) in [4.78, 5) is 0. The van der Waals surface area contributed by atoms with Crippen molar-refractivity contribution in [3.05, 3.63) is 18.5 Å². The molecule has 4 N–H and O–H groups in total. The van der Waals surface area contributed by atoms with Crippen LogP contribution in [-0.2, 0) is 0 Å². The molecule has 0 fully saturated rings. The van der Waals surface area contributed by atoms with Crippen LogP contribution in [0.5, 0.6) is 0 Å². The van der Waals surface area contributed by atoms with E-state index in [1.165, 1.54) is 0 Å². The Hall–Kier alpha value is -1.58. The molecule has 0 atom stereocenters. The van der Waals surface area contributed by atoms with Crippen LogP contribution in [0.15, 0.2) is 22.9 Å². The standard InChI is InChI=1S/C6H7N3O/c7-4-3-5-9(6(4)8)1-2-10-5/h1-3H,7-8H2. The van der Waals surface area contributed by atoms with Crippen molar-refractivity contribution in [3.63, 3.8) is 0 Å². The molecule has 52 valence electrons. The average molecular weight is 137 g/mol. The third-order valence-corrected chi connectivity index (χ3v) is 1.47. The highest BCUT2D eigenvalue weighted by molar-refractivity contribution is 5.68. The van der Waals surface area contributed by atoms with Gasteiger partial charge in [0.05, 0.1) is 5.69 Å². The Balaban J connectivity index is 2.95. The number of nitrogens with two attached hydrogens (primary N) is 2. The lowest BCUT2D eigenvalue weighted by Gasteiger charge is -1.88. The van der Waals surface area contributed by atoms with Crippen LogP contribution in [0.25, 0.3) is 5.71 Å². The number of hydrogen-bond donors (Lipinski definition) is 2. The minimum Gasteiger partial charge on any atom is -0.446 e. The summed E-state index contributed by atoms with van der Waals surface area (Å²) in [6, 6.07) is 1.69. The number of nitrogens with zero attached hydrogens (tertiary/aromatic N) is 1. The molecule has 0 amide bonds. The topological polar surface area (TPSA) is 69.6 Å². The second kappa shape index (κ2) is 1.47. The molecule has 0 aliphatic carbocycles. The third-order valence-electron chi connectivity index (χ3n) is 1.47. The molecule has 2 aromatic heterocycles. The van der Waals surface area contributed by atoms with Gasteiger partial charge in [-0.05, 0) is 0 Å². The number of anilines is 2. The van der Waals surface area contributed by atoms with Crippen molar-refractivity contribution in [2.75, 3.05) is 11.5 Å². The highest BCUT2D eigenvalue weighted by Crippen LogP contribution is 2.20. The van der Waals surface area contributed by atoms with E-state index in [9.17, 15) is 0 Å². The molecule has 0 spiro atoms. The maximum atomic E-state index is 5.56. The second-order valence-corrected chi connectivity index (χ2v) is 2.10. The molecule has 0 aliphatic heterocycles. The van der Waals surface area contributed by atoms with Crippen molar-refractivity contribution in [2.24, 2.45) is 0 Å². The Morgan fingerprint density at radius 1 is 1.40 bits per heavy atom. The van der Waals surface area contributed by atoms with Gasteiger partial charge in [0, 0.05) is 12.3 Å². The van der Waals surface area contributed by atoms with Crippen molar-refractivity contribution >= 4 is 17.2 Å². The minimum atomic E-state index is 0.531. The molecule has 0 aromatic carbocycles. The van der Waals surface area contributed by atoms with Crippen LogP contribution < -0.4 is 11.5 Å². The Morgan fingerprint density at radius 2 is 2.20 bits per heavy atom. The van der Waals surface area contributed by atoms with Crippen molar-refractivity contribution in [2.45, 2.75) is 0 Å². The first-order valence-corrected chi connectivity index (χ1v) is 2.88. The summed E-state index contributed by atoms with van der Waals surface area (Å²) in [7, 11) is 0. The summed E-state index contributed by atoms with van der Waals surface area (Å²) >= 11 is 0. The van der Waals surface area contributed by atoms with Crippen LogP contribution in [0, 0.1) is 0 Å². The van der Waals surface area contributed by atoms with Crippen LogP contribution >= 0.6 is 0 Å². The SMILES string of the molecule is Nc1cc2occn2c1N. The largest absolute Gasteiger partial charge is 0.446 e. The first-order valence-electron chi connectivity index (χ1n) is 2.88. The summed E-state index contributed by atoms with van der Waals surface area (Å²) in [5, 5.41) is 0. The summed E-state index contributed by atoms with van der Waals surface area (Å²) in [5.41, 5.74) is 12.3. The van der Waals surface area contributed by atoms with E-state index >= 15 is 0 Å². The van der Waals surface area contributed by atoms with E-state index in [2.05, 4.69) is 0 Å². The predicted octanol–water partition coefficient (Wildman–Crippen LogP) is 0.697. The van der Waals surface area contributed by atoms with Gasteiger partial charge >= 0.3 is 0 Å². The van der Waals surface area contributed by atoms with Gasteiger partial charge in [0.1, 0.15) is 12.1 Å². The second-order valence-electron chi connectivity index (χ2n) is 2.10. The van der Waals surface area contributed by atoms with Gasteiger partial charge in [-0.25, -0.2) is 0 Å². The molecular weight excluding hydrogens is 130 g/mol. The zero-order valence-electron chi connectivity index (χ0n) is 5.24. The molecule has 0 bridgehead atoms. The fourth-order valence-corrected chi connectivity index (χ4v) is 0.940. The van der Waals surface area contributed by atoms with E-state index in [1.807, 2.05) is 0 Å². The summed E-state index contributed by atoms with van der Waals surface area (Å²) in [6.07, 6.45) is 3.28. The van der Waals surface area contributed by atoms with Crippen LogP contribution in [0.4, 0.5) is 11.5 Å². The first kappa shape index (κ1) is 5.22. The normalized spacial score (nSPS) is 10.8. The van der Waals surface area contributed by atoms with Gasteiger partial charge in [-0.1, -0.05) is 0 Å². The predicted molar refractivity (Wildman–Crippen MR) is 38.5 cm³/mol. The highest BCUT2D eigenvalue weighted by Gasteiger charge is 2.03. The lowest BCUT2D eigenvalue weighted by Crippen LogP contribution is -1.93. The fraction of sp³-hybridized carbons (Fsp3) is 0. The number of rotatable bonds is 0. The smallest absolute Gasteiger partial charge is 0.207 e. The maximum absolute atomic E-state index is 5.56. The van der Waals surface area contributed by atoms with Crippen molar-refractivity contribution < 1.29 is 4.42 Å². The van der Waals surface area contributed by atoms with Crippen LogP contribution in [0.3, 0.4) is 0 Å². The zero-order valence-corrected chi connectivity index (χ0v) is 5.24. The van der Waals surface area contributed by atoms with E-state index < -0.39 is 0 Å². The fourth-order valence-electron chi connectivity index (χ4n) is 0.940. The van der Waals surface area contributed by atoms with Crippen molar-refractivity contribution in [1.29, 1.82) is 0 Å². The molecule has 0 unspecified atom stereocenters. The Kier molecular flexibility index (Phi) is 0.768. The van der Waals surface area contributed by atoms with Gasteiger partial charge in [0.15, 0.2) is 0 Å². The van der Waals surface area contributed by atoms with Gasteiger partial charge in [-0.3, -0.25) is 4.40 Å². The van der Waals surface area contributed by atoms with Crippen LogP contribution in [-0.4, -0.2) is 4.40 Å². The lowest BCUT2D eigenvalue weighted by molar-refractivity contribution is 0.609. The van der Waals surface area contributed by atoms with Gasteiger partial charge in [-0.15, -0.1) is 0 Å². The molecule has 0 saturated carbocycles. The Labute approximate surface area is 57.0 Å². The number of aromatic nitrogens is 1. The van der Waals surface area contributed by atoms with E-state index in [4.69, 9.17) is 15.9 Å². The number of hydrogen-bond acceptors (Lipinski definition) is 3. The molecule has 4 nitrogen and oxygen atoms in total. The minimum absolute atomic E-state index is 0.531. The lowest BCUT2D eigenvalue weighted by atomic mass is 10.5. The van der Waals surface area contributed by atoms with E-state index in [1.54, 1.807) is 22.9 Å². The maximum Gasteiger partial charge on any atom is 0.207 e. The molecule has 0 saturated heterocycles. The Morgan fingerprint density at radius 3 is 2.90 bits per heavy atom. The number of oxazole rings is 1. The molecule has 10 heavy (non-hydrogen) atoms. The van der Waals surface area contributed by atoms with Gasteiger partial charge in [0.25, 0.3) is 0 Å². The van der Waals surface area contributed by atoms with E-state index in [0.29, 0.717) is 17.2 Å². The van der Waals surface area contributed by atoms with Gasteiger partial charge in [0.2, 0.25) is 5.71 Å².